The Morgan fingerprint density at radius 2 is 1.69 bits per heavy atom. The lowest BCUT2D eigenvalue weighted by atomic mass is 10.1. The van der Waals surface area contributed by atoms with Crippen LogP contribution in [0.3, 0.4) is 0 Å². The molecule has 0 bridgehead atoms. The van der Waals surface area contributed by atoms with E-state index in [0.29, 0.717) is 6.61 Å². The molecule has 0 aliphatic carbocycles. The second-order valence-electron chi connectivity index (χ2n) is 3.92. The van der Waals surface area contributed by atoms with Gasteiger partial charge in [-0.05, 0) is 12.0 Å². The molecule has 0 heterocycles. The summed E-state index contributed by atoms with van der Waals surface area (Å²) in [6, 6.07) is -1.28. The van der Waals surface area contributed by atoms with Crippen molar-refractivity contribution in [3.63, 3.8) is 0 Å². The van der Waals surface area contributed by atoms with Crippen LogP contribution in [0.1, 0.15) is 57.9 Å². The van der Waals surface area contributed by atoms with Gasteiger partial charge in [-0.3, -0.25) is 0 Å². The Hall–Kier alpha value is -0.820. The predicted molar refractivity (Wildman–Crippen MR) is 69.5 cm³/mol. The highest BCUT2D eigenvalue weighted by Gasteiger charge is 1.92. The van der Waals surface area contributed by atoms with Crippen LogP contribution < -0.4 is 0 Å². The fourth-order valence-corrected chi connectivity index (χ4v) is 1.51. The molecule has 0 fully saturated rings. The molecule has 1 nitrogen and oxygen atoms in total. The van der Waals surface area contributed by atoms with Gasteiger partial charge in [0.2, 0.25) is 0 Å². The Morgan fingerprint density at radius 1 is 1.00 bits per heavy atom. The van der Waals surface area contributed by atoms with Crippen molar-refractivity contribution < 1.29 is 11.6 Å². The summed E-state index contributed by atoms with van der Waals surface area (Å²) in [6.07, 6.45) is 7.00. The minimum absolute atomic E-state index is 0.0741. The van der Waals surface area contributed by atoms with Crippen molar-refractivity contribution >= 4 is 0 Å². The lowest BCUT2D eigenvalue weighted by Gasteiger charge is -2.04. The van der Waals surface area contributed by atoms with Crippen molar-refractivity contribution in [3.05, 3.63) is 35.8 Å². The van der Waals surface area contributed by atoms with Crippen LogP contribution in [-0.2, 0) is 11.3 Å². The molecule has 16 heavy (non-hydrogen) atoms. The van der Waals surface area contributed by atoms with Gasteiger partial charge in [-0.15, -0.1) is 0 Å². The van der Waals surface area contributed by atoms with Crippen LogP contribution in [0.5, 0.6) is 0 Å². The van der Waals surface area contributed by atoms with Crippen LogP contribution >= 0.6 is 0 Å². The number of hydrogen-bond donors (Lipinski definition) is 0. The van der Waals surface area contributed by atoms with Crippen LogP contribution in [0.25, 0.3) is 0 Å². The fraction of sp³-hybridized carbons (Fsp3) is 0.600. The zero-order chi connectivity index (χ0) is 15.8. The van der Waals surface area contributed by atoms with Crippen molar-refractivity contribution in [2.75, 3.05) is 6.61 Å². The molecule has 0 radical (unpaired) electrons. The average Bonchev–Trinajstić information content (AvgIpc) is 2.49. The SMILES string of the molecule is [2H]c1c([2H])c([2H])c(COCCCCCCCC)c([2H])c1[2H]. The second kappa shape index (κ2) is 9.41. The Balaban J connectivity index is 2.43. The van der Waals surface area contributed by atoms with Gasteiger partial charge in [0.05, 0.1) is 13.5 Å². The van der Waals surface area contributed by atoms with Gasteiger partial charge in [0, 0.05) is 6.61 Å². The van der Waals surface area contributed by atoms with Crippen molar-refractivity contribution in [2.24, 2.45) is 0 Å². The third-order valence-electron chi connectivity index (χ3n) is 2.44. The quantitative estimate of drug-likeness (QED) is 0.560. The van der Waals surface area contributed by atoms with Gasteiger partial charge in [-0.2, -0.15) is 0 Å². The Labute approximate surface area is 107 Å². The lowest BCUT2D eigenvalue weighted by Crippen LogP contribution is -1.95. The zero-order valence-corrected chi connectivity index (χ0v) is 10.1. The molecule has 1 rings (SSSR count). The van der Waals surface area contributed by atoms with Crippen LogP contribution in [0, 0.1) is 0 Å². The molecular formula is C15H24O. The normalized spacial score (nSPS) is 14.9. The molecule has 1 aromatic carbocycles. The van der Waals surface area contributed by atoms with Crippen molar-refractivity contribution in [3.8, 4) is 0 Å². The molecule has 0 saturated heterocycles. The first kappa shape index (κ1) is 7.50. The summed E-state index contributed by atoms with van der Waals surface area (Å²) in [5, 5.41) is 0. The Bertz CT molecular complexity index is 433. The summed E-state index contributed by atoms with van der Waals surface area (Å²) in [4.78, 5) is 0. The third kappa shape index (κ3) is 6.62. The largest absolute Gasteiger partial charge is 0.377 e. The van der Waals surface area contributed by atoms with Gasteiger partial charge in [0.15, 0.2) is 0 Å². The maximum atomic E-state index is 7.78. The molecule has 0 aliphatic rings. The van der Waals surface area contributed by atoms with Crippen LogP contribution in [-0.4, -0.2) is 6.61 Å². The van der Waals surface area contributed by atoms with E-state index < -0.39 is 0 Å². The molecule has 0 aliphatic heterocycles. The minimum atomic E-state index is -0.357. The molecule has 1 aromatic rings. The first-order valence-electron chi connectivity index (χ1n) is 8.64. The molecule has 0 spiro atoms. The topological polar surface area (TPSA) is 9.23 Å². The fourth-order valence-electron chi connectivity index (χ4n) is 1.51. The summed E-state index contributed by atoms with van der Waals surface area (Å²) in [5.74, 6) is 0. The smallest absolute Gasteiger partial charge is 0.0716 e. The Morgan fingerprint density at radius 3 is 2.44 bits per heavy atom. The van der Waals surface area contributed by atoms with Crippen LogP contribution in [0.4, 0.5) is 0 Å². The van der Waals surface area contributed by atoms with Gasteiger partial charge in [-0.25, -0.2) is 0 Å². The number of hydrogen-bond acceptors (Lipinski definition) is 1. The van der Waals surface area contributed by atoms with E-state index >= 15 is 0 Å². The summed E-state index contributed by atoms with van der Waals surface area (Å²) in [7, 11) is 0. The summed E-state index contributed by atoms with van der Waals surface area (Å²) >= 11 is 0. The highest BCUT2D eigenvalue weighted by atomic mass is 16.5. The molecule has 90 valence electrons. The second-order valence-corrected chi connectivity index (χ2v) is 3.92. The highest BCUT2D eigenvalue weighted by molar-refractivity contribution is 5.13. The molecule has 0 amide bonds. The molecule has 0 aromatic heterocycles. The van der Waals surface area contributed by atoms with Crippen molar-refractivity contribution in [1.82, 2.24) is 0 Å². The zero-order valence-electron chi connectivity index (χ0n) is 15.1. The first-order chi connectivity index (χ1) is 10.0. The van der Waals surface area contributed by atoms with E-state index in [-0.39, 0.29) is 42.4 Å². The van der Waals surface area contributed by atoms with Gasteiger partial charge in [0.25, 0.3) is 0 Å². The number of ether oxygens (including phenoxy) is 1. The maximum absolute atomic E-state index is 7.78. The van der Waals surface area contributed by atoms with Gasteiger partial charge < -0.3 is 4.74 Å². The van der Waals surface area contributed by atoms with E-state index in [0.717, 1.165) is 12.8 Å². The van der Waals surface area contributed by atoms with Crippen molar-refractivity contribution in [1.29, 1.82) is 0 Å². The van der Waals surface area contributed by atoms with E-state index in [1.165, 1.54) is 25.7 Å². The van der Waals surface area contributed by atoms with Crippen LogP contribution in [0.15, 0.2) is 30.2 Å². The molecule has 0 unspecified atom stereocenters. The highest BCUT2D eigenvalue weighted by Crippen LogP contribution is 2.06. The molecule has 1 heteroatoms. The monoisotopic (exact) mass is 225 g/mol. The summed E-state index contributed by atoms with van der Waals surface area (Å²) in [5.41, 5.74) is 0.243. The van der Waals surface area contributed by atoms with Gasteiger partial charge in [0.1, 0.15) is 0 Å². The standard InChI is InChI=1S/C15H24O/c1-2-3-4-5-6-10-13-16-14-15-11-8-7-9-12-15/h7-9,11-12H,2-6,10,13-14H2,1H3/i7D,8D,9D,11D,12D. The minimum Gasteiger partial charge on any atom is -0.377 e. The number of unbranched alkanes of at least 4 members (excludes halogenated alkanes) is 5. The summed E-state index contributed by atoms with van der Waals surface area (Å²) in [6.45, 7) is 2.82. The third-order valence-corrected chi connectivity index (χ3v) is 2.44. The van der Waals surface area contributed by atoms with E-state index in [9.17, 15) is 0 Å². The van der Waals surface area contributed by atoms with E-state index in [4.69, 9.17) is 11.6 Å². The predicted octanol–water partition coefficient (Wildman–Crippen LogP) is 4.56. The van der Waals surface area contributed by atoms with E-state index in [1.54, 1.807) is 0 Å². The van der Waals surface area contributed by atoms with Crippen LogP contribution in [0.2, 0.25) is 0 Å². The summed E-state index contributed by atoms with van der Waals surface area (Å²) < 4.78 is 43.7. The molecule has 0 N–H and O–H groups in total. The molecule has 0 atom stereocenters. The van der Waals surface area contributed by atoms with Crippen molar-refractivity contribution in [2.45, 2.75) is 52.1 Å². The maximum Gasteiger partial charge on any atom is 0.0716 e. The number of benzene rings is 1. The van der Waals surface area contributed by atoms with Gasteiger partial charge in [-0.1, -0.05) is 69.2 Å². The molecular weight excluding hydrogens is 196 g/mol. The first-order valence-corrected chi connectivity index (χ1v) is 6.14. The number of rotatable bonds is 9. The van der Waals surface area contributed by atoms with Gasteiger partial charge >= 0.3 is 0 Å². The van der Waals surface area contributed by atoms with E-state index in [1.807, 2.05) is 0 Å². The lowest BCUT2D eigenvalue weighted by molar-refractivity contribution is 0.116. The van der Waals surface area contributed by atoms with E-state index in [2.05, 4.69) is 6.92 Å². The molecule has 0 saturated carbocycles. The average molecular weight is 225 g/mol. The Kier molecular flexibility index (Phi) is 4.41.